The Bertz CT molecular complexity index is 321. The summed E-state index contributed by atoms with van der Waals surface area (Å²) in [5.74, 6) is 0.626. The van der Waals surface area contributed by atoms with E-state index in [9.17, 15) is 4.79 Å². The predicted octanol–water partition coefficient (Wildman–Crippen LogP) is 1.38. The molecule has 1 aliphatic heterocycles. The van der Waals surface area contributed by atoms with Crippen molar-refractivity contribution < 1.29 is 9.53 Å². The van der Waals surface area contributed by atoms with Gasteiger partial charge in [-0.3, -0.25) is 4.79 Å². The van der Waals surface area contributed by atoms with Crippen LogP contribution >= 0.6 is 12.2 Å². The van der Waals surface area contributed by atoms with Crippen molar-refractivity contribution in [1.82, 2.24) is 5.32 Å². The van der Waals surface area contributed by atoms with Crippen molar-refractivity contribution in [3.8, 4) is 0 Å². The molecule has 1 saturated carbocycles. The maximum atomic E-state index is 12.3. The predicted molar refractivity (Wildman–Crippen MR) is 74.2 cm³/mol. The van der Waals surface area contributed by atoms with E-state index in [2.05, 4.69) is 5.32 Å². The quantitative estimate of drug-likeness (QED) is 0.741. The zero-order valence-electron chi connectivity index (χ0n) is 10.7. The van der Waals surface area contributed by atoms with Crippen molar-refractivity contribution in [2.45, 2.75) is 38.5 Å². The highest BCUT2D eigenvalue weighted by atomic mass is 32.1. The van der Waals surface area contributed by atoms with Gasteiger partial charge in [-0.25, -0.2) is 0 Å². The minimum absolute atomic E-state index is 0.0337. The molecule has 1 amide bonds. The third-order valence-corrected chi connectivity index (χ3v) is 4.62. The zero-order valence-corrected chi connectivity index (χ0v) is 11.6. The second kappa shape index (κ2) is 5.97. The number of ether oxygens (including phenoxy) is 1. The lowest BCUT2D eigenvalue weighted by Crippen LogP contribution is -2.47. The smallest absolute Gasteiger partial charge is 0.233 e. The standard InChI is InChI=1S/C13H22N2O2S/c14-11(18)13(5-1-2-6-13)12(16)15-7-3-10-4-8-17-9-10/h10H,1-9H2,(H2,14,18)(H,15,16). The number of nitrogens with one attached hydrogen (secondary N) is 1. The molecule has 102 valence electrons. The van der Waals surface area contributed by atoms with Crippen LogP contribution in [-0.4, -0.2) is 30.7 Å². The molecular formula is C13H22N2O2S. The number of amides is 1. The summed E-state index contributed by atoms with van der Waals surface area (Å²) in [6.07, 6.45) is 5.79. The number of nitrogens with two attached hydrogens (primary N) is 1. The van der Waals surface area contributed by atoms with Crippen molar-refractivity contribution in [2.75, 3.05) is 19.8 Å². The van der Waals surface area contributed by atoms with Crippen LogP contribution < -0.4 is 11.1 Å². The molecule has 2 rings (SSSR count). The molecule has 0 spiro atoms. The number of rotatable bonds is 5. The molecule has 0 radical (unpaired) electrons. The van der Waals surface area contributed by atoms with Gasteiger partial charge in [-0.05, 0) is 31.6 Å². The van der Waals surface area contributed by atoms with Crippen LogP contribution in [0.3, 0.4) is 0 Å². The monoisotopic (exact) mass is 270 g/mol. The lowest BCUT2D eigenvalue weighted by molar-refractivity contribution is -0.127. The van der Waals surface area contributed by atoms with Crippen LogP contribution in [0.1, 0.15) is 38.5 Å². The van der Waals surface area contributed by atoms with Gasteiger partial charge in [0.2, 0.25) is 5.91 Å². The number of thiocarbonyl (C=S) groups is 1. The van der Waals surface area contributed by atoms with Crippen molar-refractivity contribution in [2.24, 2.45) is 17.1 Å². The van der Waals surface area contributed by atoms with Crippen LogP contribution in [0.15, 0.2) is 0 Å². The molecule has 2 fully saturated rings. The van der Waals surface area contributed by atoms with Crippen molar-refractivity contribution >= 4 is 23.1 Å². The first-order valence-electron chi connectivity index (χ1n) is 6.81. The summed E-state index contributed by atoms with van der Waals surface area (Å²) in [6, 6.07) is 0. The highest BCUT2D eigenvalue weighted by Gasteiger charge is 2.43. The first kappa shape index (κ1) is 13.7. The Morgan fingerprint density at radius 1 is 1.44 bits per heavy atom. The number of carbonyl (C=O) groups is 1. The van der Waals surface area contributed by atoms with Crippen LogP contribution in [-0.2, 0) is 9.53 Å². The van der Waals surface area contributed by atoms with E-state index in [1.165, 1.54) is 0 Å². The number of carbonyl (C=O) groups excluding carboxylic acids is 1. The Morgan fingerprint density at radius 3 is 2.72 bits per heavy atom. The molecular weight excluding hydrogens is 248 g/mol. The second-order valence-electron chi connectivity index (χ2n) is 5.43. The lowest BCUT2D eigenvalue weighted by atomic mass is 9.85. The molecule has 3 N–H and O–H groups in total. The van der Waals surface area contributed by atoms with E-state index in [0.717, 1.165) is 51.7 Å². The van der Waals surface area contributed by atoms with E-state index >= 15 is 0 Å². The van der Waals surface area contributed by atoms with E-state index in [4.69, 9.17) is 22.7 Å². The SMILES string of the molecule is NC(=S)C1(C(=O)NCCC2CCOC2)CCCC1. The summed E-state index contributed by atoms with van der Waals surface area (Å²) in [5.41, 5.74) is 5.21. The number of hydrogen-bond acceptors (Lipinski definition) is 3. The number of hydrogen-bond donors (Lipinski definition) is 2. The topological polar surface area (TPSA) is 64.4 Å². The first-order chi connectivity index (χ1) is 8.65. The zero-order chi connectivity index (χ0) is 13.0. The van der Waals surface area contributed by atoms with Gasteiger partial charge in [-0.1, -0.05) is 25.1 Å². The van der Waals surface area contributed by atoms with Gasteiger partial charge in [0.15, 0.2) is 0 Å². The van der Waals surface area contributed by atoms with Gasteiger partial charge in [0, 0.05) is 19.8 Å². The Balaban J connectivity index is 1.80. The molecule has 5 heteroatoms. The molecule has 0 aromatic heterocycles. The van der Waals surface area contributed by atoms with Gasteiger partial charge in [0.25, 0.3) is 0 Å². The van der Waals surface area contributed by atoms with Crippen LogP contribution in [0.2, 0.25) is 0 Å². The third-order valence-electron chi connectivity index (χ3n) is 4.23. The van der Waals surface area contributed by atoms with Gasteiger partial charge in [-0.2, -0.15) is 0 Å². The minimum Gasteiger partial charge on any atom is -0.392 e. The van der Waals surface area contributed by atoms with Gasteiger partial charge in [0.1, 0.15) is 0 Å². The highest BCUT2D eigenvalue weighted by Crippen LogP contribution is 2.38. The van der Waals surface area contributed by atoms with E-state index in [1.54, 1.807) is 0 Å². The van der Waals surface area contributed by atoms with Crippen LogP contribution in [0.4, 0.5) is 0 Å². The maximum absolute atomic E-state index is 12.3. The van der Waals surface area contributed by atoms with Crippen molar-refractivity contribution in [3.05, 3.63) is 0 Å². The Labute approximate surface area is 114 Å². The summed E-state index contributed by atoms with van der Waals surface area (Å²) < 4.78 is 5.32. The van der Waals surface area contributed by atoms with Gasteiger partial charge in [-0.15, -0.1) is 0 Å². The van der Waals surface area contributed by atoms with Crippen molar-refractivity contribution in [3.63, 3.8) is 0 Å². The summed E-state index contributed by atoms with van der Waals surface area (Å²) in [5, 5.41) is 3.01. The molecule has 1 saturated heterocycles. The van der Waals surface area contributed by atoms with Crippen LogP contribution in [0.25, 0.3) is 0 Å². The molecule has 18 heavy (non-hydrogen) atoms. The fraction of sp³-hybridized carbons (Fsp3) is 0.846. The van der Waals surface area contributed by atoms with E-state index in [-0.39, 0.29) is 5.91 Å². The molecule has 0 bridgehead atoms. The maximum Gasteiger partial charge on any atom is 0.233 e. The Hall–Kier alpha value is -0.680. The van der Waals surface area contributed by atoms with E-state index < -0.39 is 5.41 Å². The normalized spacial score (nSPS) is 26.1. The lowest BCUT2D eigenvalue weighted by Gasteiger charge is -2.26. The summed E-state index contributed by atoms with van der Waals surface area (Å²) in [6.45, 7) is 2.39. The van der Waals surface area contributed by atoms with Crippen LogP contribution in [0, 0.1) is 11.3 Å². The average Bonchev–Trinajstić information content (AvgIpc) is 3.00. The molecule has 2 aliphatic rings. The Morgan fingerprint density at radius 2 is 2.17 bits per heavy atom. The molecule has 1 unspecified atom stereocenters. The molecule has 0 aromatic rings. The highest BCUT2D eigenvalue weighted by molar-refractivity contribution is 7.80. The average molecular weight is 270 g/mol. The van der Waals surface area contributed by atoms with Crippen molar-refractivity contribution in [1.29, 1.82) is 0 Å². The largest absolute Gasteiger partial charge is 0.392 e. The molecule has 1 aliphatic carbocycles. The molecule has 1 atom stereocenters. The summed E-state index contributed by atoms with van der Waals surface area (Å²) in [4.78, 5) is 12.6. The summed E-state index contributed by atoms with van der Waals surface area (Å²) >= 11 is 5.10. The Kier molecular flexibility index (Phi) is 4.56. The molecule has 1 heterocycles. The fourth-order valence-corrected chi connectivity index (χ4v) is 3.23. The second-order valence-corrected chi connectivity index (χ2v) is 5.87. The fourth-order valence-electron chi connectivity index (χ4n) is 2.93. The summed E-state index contributed by atoms with van der Waals surface area (Å²) in [7, 11) is 0. The third kappa shape index (κ3) is 2.83. The van der Waals surface area contributed by atoms with Gasteiger partial charge < -0.3 is 15.8 Å². The van der Waals surface area contributed by atoms with Gasteiger partial charge >= 0.3 is 0 Å². The molecule has 4 nitrogen and oxygen atoms in total. The first-order valence-corrected chi connectivity index (χ1v) is 7.22. The minimum atomic E-state index is -0.568. The van der Waals surface area contributed by atoms with Crippen LogP contribution in [0.5, 0.6) is 0 Å². The van der Waals surface area contributed by atoms with E-state index in [0.29, 0.717) is 17.5 Å². The van der Waals surface area contributed by atoms with E-state index in [1.807, 2.05) is 0 Å². The van der Waals surface area contributed by atoms with Gasteiger partial charge in [0.05, 0.1) is 10.4 Å². The molecule has 0 aromatic carbocycles.